The Bertz CT molecular complexity index is 444. The molecule has 0 fully saturated rings. The highest BCUT2D eigenvalue weighted by Gasteiger charge is 2.25. The van der Waals surface area contributed by atoms with E-state index < -0.39 is 11.9 Å². The molecule has 0 bridgehead atoms. The number of amides is 1. The monoisotopic (exact) mass is 270 g/mol. The van der Waals surface area contributed by atoms with E-state index in [0.29, 0.717) is 6.54 Å². The van der Waals surface area contributed by atoms with E-state index in [2.05, 4.69) is 14.9 Å². The second-order valence-corrected chi connectivity index (χ2v) is 4.38. The Morgan fingerprint density at radius 3 is 2.58 bits per heavy atom. The molecule has 0 saturated carbocycles. The zero-order valence-corrected chi connectivity index (χ0v) is 11.3. The Balaban J connectivity index is 2.81. The van der Waals surface area contributed by atoms with Crippen molar-refractivity contribution in [2.24, 2.45) is 5.92 Å². The molecule has 0 aliphatic carbocycles. The van der Waals surface area contributed by atoms with Gasteiger partial charge in [0.25, 0.3) is 5.91 Å². The largest absolute Gasteiger partial charge is 0.465 e. The van der Waals surface area contributed by atoms with Crippen molar-refractivity contribution in [3.63, 3.8) is 0 Å². The van der Waals surface area contributed by atoms with Crippen molar-refractivity contribution in [2.45, 2.75) is 20.8 Å². The molecule has 0 saturated heterocycles. The number of rotatable bonds is 6. The maximum atomic E-state index is 12.2. The SMILES string of the molecule is CCOC(=O)CN(CC(C)C)C(=O)c1nonc1N. The van der Waals surface area contributed by atoms with Gasteiger partial charge in [-0.05, 0) is 23.2 Å². The van der Waals surface area contributed by atoms with E-state index in [4.69, 9.17) is 10.5 Å². The molecule has 0 radical (unpaired) electrons. The Morgan fingerprint density at radius 2 is 2.11 bits per heavy atom. The fourth-order valence-electron chi connectivity index (χ4n) is 1.52. The quantitative estimate of drug-likeness (QED) is 0.740. The number of nitrogens with zero attached hydrogens (tertiary/aromatic N) is 3. The minimum absolute atomic E-state index is 0.0926. The summed E-state index contributed by atoms with van der Waals surface area (Å²) in [6, 6.07) is 0. The number of hydrogen-bond acceptors (Lipinski definition) is 7. The van der Waals surface area contributed by atoms with E-state index in [-0.39, 0.29) is 30.6 Å². The lowest BCUT2D eigenvalue weighted by Gasteiger charge is -2.22. The van der Waals surface area contributed by atoms with Crippen LogP contribution in [0.15, 0.2) is 4.63 Å². The molecule has 8 heteroatoms. The molecule has 1 rings (SSSR count). The second kappa shape index (κ2) is 6.72. The smallest absolute Gasteiger partial charge is 0.325 e. The first-order chi connectivity index (χ1) is 8.95. The summed E-state index contributed by atoms with van der Waals surface area (Å²) in [5.74, 6) is -0.894. The molecule has 19 heavy (non-hydrogen) atoms. The Hall–Kier alpha value is -2.12. The number of carbonyl (C=O) groups excluding carboxylic acids is 2. The average Bonchev–Trinajstić information content (AvgIpc) is 2.73. The molecule has 1 aromatic heterocycles. The van der Waals surface area contributed by atoms with E-state index in [1.165, 1.54) is 4.90 Å². The van der Waals surface area contributed by atoms with Gasteiger partial charge in [0.2, 0.25) is 11.5 Å². The van der Waals surface area contributed by atoms with Gasteiger partial charge in [0, 0.05) is 6.54 Å². The van der Waals surface area contributed by atoms with Crippen LogP contribution in [-0.4, -0.2) is 46.8 Å². The highest BCUT2D eigenvalue weighted by atomic mass is 16.6. The van der Waals surface area contributed by atoms with Crippen molar-refractivity contribution in [2.75, 3.05) is 25.4 Å². The number of nitrogen functional groups attached to an aromatic ring is 1. The average molecular weight is 270 g/mol. The second-order valence-electron chi connectivity index (χ2n) is 4.38. The van der Waals surface area contributed by atoms with E-state index in [9.17, 15) is 9.59 Å². The van der Waals surface area contributed by atoms with Crippen LogP contribution >= 0.6 is 0 Å². The predicted octanol–water partition coefficient (Wildman–Crippen LogP) is 0.313. The summed E-state index contributed by atoms with van der Waals surface area (Å²) in [4.78, 5) is 25.0. The van der Waals surface area contributed by atoms with E-state index in [1.54, 1.807) is 6.92 Å². The third-order valence-corrected chi connectivity index (χ3v) is 2.21. The number of anilines is 1. The molecule has 1 amide bonds. The molecule has 0 aliphatic rings. The van der Waals surface area contributed by atoms with Gasteiger partial charge < -0.3 is 15.4 Å². The van der Waals surface area contributed by atoms with Gasteiger partial charge in [0.05, 0.1) is 6.61 Å². The van der Waals surface area contributed by atoms with E-state index in [1.807, 2.05) is 13.8 Å². The summed E-state index contributed by atoms with van der Waals surface area (Å²) in [6.07, 6.45) is 0. The molecule has 0 atom stereocenters. The molecule has 0 aliphatic heterocycles. The fourth-order valence-corrected chi connectivity index (χ4v) is 1.52. The molecule has 1 aromatic rings. The first kappa shape index (κ1) is 14.9. The van der Waals surface area contributed by atoms with Gasteiger partial charge >= 0.3 is 5.97 Å². The number of hydrogen-bond donors (Lipinski definition) is 1. The van der Waals surface area contributed by atoms with Crippen molar-refractivity contribution in [3.05, 3.63) is 5.69 Å². The number of aromatic nitrogens is 2. The number of carbonyl (C=O) groups is 2. The first-order valence-corrected chi connectivity index (χ1v) is 5.98. The summed E-state index contributed by atoms with van der Waals surface area (Å²) in [7, 11) is 0. The van der Waals surface area contributed by atoms with Crippen molar-refractivity contribution in [1.82, 2.24) is 15.2 Å². The third-order valence-electron chi connectivity index (χ3n) is 2.21. The van der Waals surface area contributed by atoms with Crippen molar-refractivity contribution < 1.29 is 19.0 Å². The van der Waals surface area contributed by atoms with Gasteiger partial charge in [-0.25, -0.2) is 4.63 Å². The molecule has 106 valence electrons. The summed E-state index contributed by atoms with van der Waals surface area (Å²) in [5, 5.41) is 6.79. The molecular weight excluding hydrogens is 252 g/mol. The zero-order chi connectivity index (χ0) is 14.4. The van der Waals surface area contributed by atoms with Gasteiger partial charge in [-0.2, -0.15) is 0 Å². The Labute approximate surface area is 110 Å². The normalized spacial score (nSPS) is 10.5. The van der Waals surface area contributed by atoms with Crippen molar-refractivity contribution >= 4 is 17.7 Å². The fraction of sp³-hybridized carbons (Fsp3) is 0.636. The Kier molecular flexibility index (Phi) is 5.28. The lowest BCUT2D eigenvalue weighted by molar-refractivity contribution is -0.143. The van der Waals surface area contributed by atoms with Crippen LogP contribution in [0.2, 0.25) is 0 Å². The maximum Gasteiger partial charge on any atom is 0.325 e. The predicted molar refractivity (Wildman–Crippen MR) is 66.1 cm³/mol. The van der Waals surface area contributed by atoms with Gasteiger partial charge in [0.1, 0.15) is 6.54 Å². The summed E-state index contributed by atoms with van der Waals surface area (Å²) in [6.45, 7) is 6.04. The molecule has 1 heterocycles. The minimum atomic E-state index is -0.500. The van der Waals surface area contributed by atoms with Crippen LogP contribution in [0.3, 0.4) is 0 Å². The Morgan fingerprint density at radius 1 is 1.42 bits per heavy atom. The highest BCUT2D eigenvalue weighted by Crippen LogP contribution is 2.10. The number of esters is 1. The molecular formula is C11H18N4O4. The standard InChI is InChI=1S/C11H18N4O4/c1-4-18-8(16)6-15(5-7(2)3)11(17)9-10(12)14-19-13-9/h7H,4-6H2,1-3H3,(H2,12,14). The maximum absolute atomic E-state index is 12.2. The zero-order valence-electron chi connectivity index (χ0n) is 11.3. The van der Waals surface area contributed by atoms with Gasteiger partial charge in [-0.1, -0.05) is 13.8 Å². The number of ether oxygens (including phenoxy) is 1. The van der Waals surface area contributed by atoms with Crippen LogP contribution < -0.4 is 5.73 Å². The summed E-state index contributed by atoms with van der Waals surface area (Å²) >= 11 is 0. The molecule has 2 N–H and O–H groups in total. The minimum Gasteiger partial charge on any atom is -0.465 e. The van der Waals surface area contributed by atoms with E-state index >= 15 is 0 Å². The van der Waals surface area contributed by atoms with Crippen molar-refractivity contribution in [1.29, 1.82) is 0 Å². The van der Waals surface area contributed by atoms with Crippen LogP contribution in [0, 0.1) is 5.92 Å². The number of nitrogens with two attached hydrogens (primary N) is 1. The van der Waals surface area contributed by atoms with Crippen molar-refractivity contribution in [3.8, 4) is 0 Å². The van der Waals surface area contributed by atoms with Crippen LogP contribution in [0.5, 0.6) is 0 Å². The summed E-state index contributed by atoms with van der Waals surface area (Å²) in [5.41, 5.74) is 5.38. The van der Waals surface area contributed by atoms with Gasteiger partial charge in [-0.15, -0.1) is 0 Å². The lowest BCUT2D eigenvalue weighted by atomic mass is 10.2. The lowest BCUT2D eigenvalue weighted by Crippen LogP contribution is -2.39. The van der Waals surface area contributed by atoms with Gasteiger partial charge in [0.15, 0.2) is 0 Å². The molecule has 0 spiro atoms. The van der Waals surface area contributed by atoms with Gasteiger partial charge in [-0.3, -0.25) is 9.59 Å². The highest BCUT2D eigenvalue weighted by molar-refractivity contribution is 5.97. The molecule has 0 unspecified atom stereocenters. The van der Waals surface area contributed by atoms with Crippen LogP contribution in [0.25, 0.3) is 0 Å². The van der Waals surface area contributed by atoms with Crippen LogP contribution in [0.4, 0.5) is 5.82 Å². The van der Waals surface area contributed by atoms with Crippen LogP contribution in [-0.2, 0) is 9.53 Å². The molecule has 8 nitrogen and oxygen atoms in total. The topological polar surface area (TPSA) is 112 Å². The van der Waals surface area contributed by atoms with E-state index in [0.717, 1.165) is 0 Å². The molecule has 0 aromatic carbocycles. The van der Waals surface area contributed by atoms with Crippen LogP contribution in [0.1, 0.15) is 31.3 Å². The third kappa shape index (κ3) is 4.23. The summed E-state index contributed by atoms with van der Waals surface area (Å²) < 4.78 is 9.21. The first-order valence-electron chi connectivity index (χ1n) is 5.98.